The first-order valence-electron chi connectivity index (χ1n) is 6.29. The number of aliphatic imine (C=N–C) groups is 1. The molecule has 0 saturated heterocycles. The summed E-state index contributed by atoms with van der Waals surface area (Å²) < 4.78 is 27.9. The second kappa shape index (κ2) is 6.37. The zero-order valence-electron chi connectivity index (χ0n) is 12.1. The van der Waals surface area contributed by atoms with Crippen molar-refractivity contribution < 1.29 is 13.2 Å². The van der Waals surface area contributed by atoms with Crippen LogP contribution >= 0.6 is 11.6 Å². The molecule has 0 heterocycles. The summed E-state index contributed by atoms with van der Waals surface area (Å²) >= 11 is 6.05. The molecule has 0 atom stereocenters. The summed E-state index contributed by atoms with van der Waals surface area (Å²) in [6.07, 6.45) is 1.15. The second-order valence-corrected chi connectivity index (χ2v) is 7.04. The highest BCUT2D eigenvalue weighted by atomic mass is 35.5. The van der Waals surface area contributed by atoms with Gasteiger partial charge in [0.15, 0.2) is 9.84 Å². The molecule has 2 N–H and O–H groups in total. The van der Waals surface area contributed by atoms with Gasteiger partial charge in [0.2, 0.25) is 0 Å². The minimum atomic E-state index is -3.22. The molecule has 116 valence electrons. The number of hydrogen-bond acceptors (Lipinski definition) is 4. The lowest BCUT2D eigenvalue weighted by molar-refractivity contribution is 0.415. The van der Waals surface area contributed by atoms with E-state index in [1.54, 1.807) is 30.3 Å². The van der Waals surface area contributed by atoms with Crippen molar-refractivity contribution in [2.75, 3.05) is 13.4 Å². The average Bonchev–Trinajstić information content (AvgIpc) is 2.46. The van der Waals surface area contributed by atoms with E-state index in [9.17, 15) is 8.42 Å². The zero-order valence-corrected chi connectivity index (χ0v) is 13.6. The van der Waals surface area contributed by atoms with Crippen molar-refractivity contribution in [3.05, 3.63) is 53.1 Å². The smallest absolute Gasteiger partial charge is 0.175 e. The number of nitrogens with zero attached hydrogens (tertiary/aromatic N) is 1. The van der Waals surface area contributed by atoms with E-state index in [-0.39, 0.29) is 10.7 Å². The van der Waals surface area contributed by atoms with E-state index in [0.717, 1.165) is 6.26 Å². The van der Waals surface area contributed by atoms with Crippen molar-refractivity contribution in [1.82, 2.24) is 0 Å². The van der Waals surface area contributed by atoms with E-state index in [4.69, 9.17) is 22.1 Å². The third-order valence-electron chi connectivity index (χ3n) is 2.96. The Kier molecular flexibility index (Phi) is 4.73. The van der Waals surface area contributed by atoms with Crippen molar-refractivity contribution in [2.24, 2.45) is 10.7 Å². The van der Waals surface area contributed by atoms with Gasteiger partial charge >= 0.3 is 0 Å². The van der Waals surface area contributed by atoms with E-state index in [2.05, 4.69) is 4.99 Å². The van der Waals surface area contributed by atoms with Crippen LogP contribution in [0.15, 0.2) is 52.4 Å². The lowest BCUT2D eigenvalue weighted by Crippen LogP contribution is -2.12. The molecule has 2 aromatic rings. The first-order valence-corrected chi connectivity index (χ1v) is 8.56. The van der Waals surface area contributed by atoms with E-state index >= 15 is 0 Å². The van der Waals surface area contributed by atoms with E-state index in [0.29, 0.717) is 22.0 Å². The monoisotopic (exact) mass is 338 g/mol. The number of amidine groups is 1. The molecular formula is C15H15ClN2O3S. The summed E-state index contributed by atoms with van der Waals surface area (Å²) in [5, 5.41) is 0.436. The summed E-state index contributed by atoms with van der Waals surface area (Å²) in [6.45, 7) is 0. The standard InChI is InChI=1S/C15H15ClN2O3S/c1-21-14-8-3-10(9-13(14)16)15(17)18-11-4-6-12(7-5-11)22(2,19)20/h3-9H,1-2H3,(H2,17,18). The number of benzene rings is 2. The molecular weight excluding hydrogens is 324 g/mol. The highest BCUT2D eigenvalue weighted by Crippen LogP contribution is 2.25. The number of methoxy groups -OCH3 is 1. The van der Waals surface area contributed by atoms with Crippen LogP contribution < -0.4 is 10.5 Å². The second-order valence-electron chi connectivity index (χ2n) is 4.61. The van der Waals surface area contributed by atoms with Crippen LogP contribution in [0.2, 0.25) is 5.02 Å². The number of halogens is 1. The molecule has 7 heteroatoms. The van der Waals surface area contributed by atoms with E-state index in [1.165, 1.54) is 19.2 Å². The molecule has 0 aromatic heterocycles. The predicted molar refractivity (Wildman–Crippen MR) is 87.9 cm³/mol. The molecule has 2 aromatic carbocycles. The predicted octanol–water partition coefficient (Wildman–Crippen LogP) is 2.79. The van der Waals surface area contributed by atoms with Crippen molar-refractivity contribution in [1.29, 1.82) is 0 Å². The summed E-state index contributed by atoms with van der Waals surface area (Å²) in [5.41, 5.74) is 7.15. The molecule has 0 aliphatic rings. The fraction of sp³-hybridized carbons (Fsp3) is 0.133. The Morgan fingerprint density at radius 2 is 1.82 bits per heavy atom. The summed E-state index contributed by atoms with van der Waals surface area (Å²) in [5.74, 6) is 0.826. The lowest BCUT2D eigenvalue weighted by atomic mass is 10.2. The first kappa shape index (κ1) is 16.3. The molecule has 0 bridgehead atoms. The molecule has 0 fully saturated rings. The van der Waals surface area contributed by atoms with Crippen LogP contribution in [-0.2, 0) is 9.84 Å². The van der Waals surface area contributed by atoms with Crippen LogP contribution in [0.25, 0.3) is 0 Å². The summed E-state index contributed by atoms with van der Waals surface area (Å²) in [7, 11) is -1.70. The molecule has 0 unspecified atom stereocenters. The number of hydrogen-bond donors (Lipinski definition) is 1. The average molecular weight is 339 g/mol. The van der Waals surface area contributed by atoms with Crippen LogP contribution in [0.4, 0.5) is 5.69 Å². The van der Waals surface area contributed by atoms with Crippen molar-refractivity contribution in [3.8, 4) is 5.75 Å². The minimum Gasteiger partial charge on any atom is -0.495 e. The third-order valence-corrected chi connectivity index (χ3v) is 4.39. The first-order chi connectivity index (χ1) is 10.3. The Bertz CT molecular complexity index is 815. The number of sulfone groups is 1. The number of rotatable bonds is 4. The van der Waals surface area contributed by atoms with Crippen LogP contribution in [0.3, 0.4) is 0 Å². The fourth-order valence-electron chi connectivity index (χ4n) is 1.80. The number of nitrogens with two attached hydrogens (primary N) is 1. The molecule has 0 radical (unpaired) electrons. The summed E-state index contributed by atoms with van der Waals surface area (Å²) in [4.78, 5) is 4.48. The Morgan fingerprint density at radius 1 is 1.18 bits per heavy atom. The minimum absolute atomic E-state index is 0.234. The van der Waals surface area contributed by atoms with Gasteiger partial charge in [0.05, 0.1) is 22.7 Å². The van der Waals surface area contributed by atoms with Gasteiger partial charge in [0, 0.05) is 11.8 Å². The van der Waals surface area contributed by atoms with Gasteiger partial charge in [0.1, 0.15) is 11.6 Å². The molecule has 22 heavy (non-hydrogen) atoms. The normalized spacial score (nSPS) is 12.2. The largest absolute Gasteiger partial charge is 0.495 e. The van der Waals surface area contributed by atoms with Gasteiger partial charge in [0.25, 0.3) is 0 Å². The third kappa shape index (κ3) is 3.78. The Morgan fingerprint density at radius 3 is 2.32 bits per heavy atom. The van der Waals surface area contributed by atoms with Gasteiger partial charge in [-0.05, 0) is 42.5 Å². The SMILES string of the molecule is COc1ccc(C(N)=Nc2ccc(S(C)(=O)=O)cc2)cc1Cl. The van der Waals surface area contributed by atoms with Crippen LogP contribution in [0, 0.1) is 0 Å². The highest BCUT2D eigenvalue weighted by molar-refractivity contribution is 7.90. The maximum absolute atomic E-state index is 11.4. The lowest BCUT2D eigenvalue weighted by Gasteiger charge is -2.06. The van der Waals surface area contributed by atoms with Gasteiger partial charge in [-0.3, -0.25) is 0 Å². The van der Waals surface area contributed by atoms with Crippen LogP contribution in [0.5, 0.6) is 5.75 Å². The molecule has 0 amide bonds. The van der Waals surface area contributed by atoms with Crippen molar-refractivity contribution in [2.45, 2.75) is 4.90 Å². The quantitative estimate of drug-likeness (QED) is 0.686. The maximum atomic E-state index is 11.4. The Hall–Kier alpha value is -2.05. The van der Waals surface area contributed by atoms with Crippen molar-refractivity contribution >= 4 is 33.0 Å². The van der Waals surface area contributed by atoms with Crippen LogP contribution in [0.1, 0.15) is 5.56 Å². The molecule has 0 saturated carbocycles. The van der Waals surface area contributed by atoms with Gasteiger partial charge in [-0.25, -0.2) is 13.4 Å². The van der Waals surface area contributed by atoms with E-state index < -0.39 is 9.84 Å². The Labute approximate surface area is 134 Å². The molecule has 0 aliphatic heterocycles. The molecule has 0 spiro atoms. The summed E-state index contributed by atoms with van der Waals surface area (Å²) in [6, 6.07) is 11.3. The highest BCUT2D eigenvalue weighted by Gasteiger charge is 2.07. The molecule has 5 nitrogen and oxygen atoms in total. The van der Waals surface area contributed by atoms with Gasteiger partial charge in [-0.15, -0.1) is 0 Å². The Balaban J connectivity index is 2.30. The number of ether oxygens (including phenoxy) is 1. The molecule has 2 rings (SSSR count). The molecule has 0 aliphatic carbocycles. The van der Waals surface area contributed by atoms with Crippen molar-refractivity contribution in [3.63, 3.8) is 0 Å². The van der Waals surface area contributed by atoms with Gasteiger partial charge < -0.3 is 10.5 Å². The maximum Gasteiger partial charge on any atom is 0.175 e. The van der Waals surface area contributed by atoms with Gasteiger partial charge in [-0.2, -0.15) is 0 Å². The van der Waals surface area contributed by atoms with Gasteiger partial charge in [-0.1, -0.05) is 11.6 Å². The topological polar surface area (TPSA) is 81.8 Å². The van der Waals surface area contributed by atoms with Crippen LogP contribution in [-0.4, -0.2) is 27.6 Å². The van der Waals surface area contributed by atoms with E-state index in [1.807, 2.05) is 0 Å². The zero-order chi connectivity index (χ0) is 16.3. The fourth-order valence-corrected chi connectivity index (χ4v) is 2.69.